The Morgan fingerprint density at radius 3 is 2.69 bits per heavy atom. The summed E-state index contributed by atoms with van der Waals surface area (Å²) in [6.07, 6.45) is -0.0627. The van der Waals surface area contributed by atoms with Crippen LogP contribution in [-0.2, 0) is 23.8 Å². The monoisotopic (exact) mass is 470 g/mol. The largest absolute Gasteiger partial charge is 0.416 e. The fourth-order valence-corrected chi connectivity index (χ4v) is 4.32. The summed E-state index contributed by atoms with van der Waals surface area (Å²) in [4.78, 5) is 22.8. The number of anilines is 4. The average molecular weight is 471 g/mol. The Balaban J connectivity index is 0.00000289. The van der Waals surface area contributed by atoms with E-state index in [4.69, 9.17) is 5.73 Å². The minimum Gasteiger partial charge on any atom is -0.399 e. The SMILES string of the molecule is CC(=O)N[C@@H]1CCCN(c2nc(Nc3cc(N)cc(C(F)(F)F)c3)nc3c2CCC3)C1.Cl. The summed E-state index contributed by atoms with van der Waals surface area (Å²) in [7, 11) is 0. The van der Waals surface area contributed by atoms with Crippen LogP contribution >= 0.6 is 12.4 Å². The van der Waals surface area contributed by atoms with E-state index in [-0.39, 0.29) is 41.7 Å². The van der Waals surface area contributed by atoms with E-state index in [0.717, 1.165) is 67.9 Å². The van der Waals surface area contributed by atoms with Gasteiger partial charge in [0.05, 0.1) is 11.3 Å². The summed E-state index contributed by atoms with van der Waals surface area (Å²) in [5.74, 6) is 0.972. The molecule has 1 aliphatic heterocycles. The minimum atomic E-state index is -4.50. The highest BCUT2D eigenvalue weighted by atomic mass is 35.5. The van der Waals surface area contributed by atoms with Crippen LogP contribution in [0.3, 0.4) is 0 Å². The predicted octanol–water partition coefficient (Wildman–Crippen LogP) is 3.84. The first-order chi connectivity index (χ1) is 14.7. The molecule has 1 amide bonds. The van der Waals surface area contributed by atoms with Gasteiger partial charge in [-0.05, 0) is 50.3 Å². The Morgan fingerprint density at radius 1 is 1.19 bits per heavy atom. The molecular weight excluding hydrogens is 445 g/mol. The third-order valence-electron chi connectivity index (χ3n) is 5.58. The summed E-state index contributed by atoms with van der Waals surface area (Å²) in [5.41, 5.74) is 7.04. The number of halogens is 4. The highest BCUT2D eigenvalue weighted by molar-refractivity contribution is 5.85. The molecule has 0 saturated carbocycles. The normalized spacial score (nSPS) is 18.0. The molecule has 0 unspecified atom stereocenters. The van der Waals surface area contributed by atoms with E-state index >= 15 is 0 Å². The van der Waals surface area contributed by atoms with Crippen molar-refractivity contribution in [2.24, 2.45) is 0 Å². The number of piperidine rings is 1. The molecule has 4 rings (SSSR count). The number of aryl methyl sites for hydroxylation is 1. The van der Waals surface area contributed by atoms with Crippen LogP contribution in [0.2, 0.25) is 0 Å². The Morgan fingerprint density at radius 2 is 1.97 bits per heavy atom. The van der Waals surface area contributed by atoms with Crippen molar-refractivity contribution in [2.75, 3.05) is 29.0 Å². The van der Waals surface area contributed by atoms with Gasteiger partial charge in [-0.15, -0.1) is 12.4 Å². The molecule has 1 atom stereocenters. The number of carbonyl (C=O) groups excluding carboxylic acids is 1. The van der Waals surface area contributed by atoms with Gasteiger partial charge < -0.3 is 21.3 Å². The quantitative estimate of drug-likeness (QED) is 0.588. The number of carbonyl (C=O) groups is 1. The molecule has 32 heavy (non-hydrogen) atoms. The van der Waals surface area contributed by atoms with Gasteiger partial charge in [-0.1, -0.05) is 0 Å². The van der Waals surface area contributed by atoms with Gasteiger partial charge in [0.1, 0.15) is 5.82 Å². The standard InChI is InChI=1S/C21H25F3N6O.ClH/c1-12(31)26-15-4-3-7-30(11-15)19-17-5-2-6-18(17)28-20(29-19)27-16-9-13(21(22,23)24)8-14(25)10-16;/h8-10,15H,2-7,11,25H2,1H3,(H,26,31)(H,27,28,29);1H/t15-;/m1./s1. The third-order valence-corrected chi connectivity index (χ3v) is 5.58. The molecule has 1 aromatic heterocycles. The first-order valence-electron chi connectivity index (χ1n) is 10.4. The van der Waals surface area contributed by atoms with E-state index in [1.54, 1.807) is 0 Å². The lowest BCUT2D eigenvalue weighted by molar-refractivity contribution is -0.137. The maximum Gasteiger partial charge on any atom is 0.416 e. The number of rotatable bonds is 4. The number of hydrogen-bond acceptors (Lipinski definition) is 6. The van der Waals surface area contributed by atoms with E-state index in [9.17, 15) is 18.0 Å². The number of fused-ring (bicyclic) bond motifs is 1. The molecule has 2 heterocycles. The number of aromatic nitrogens is 2. The van der Waals surface area contributed by atoms with Gasteiger partial charge in [0.15, 0.2) is 0 Å². The van der Waals surface area contributed by atoms with Gasteiger partial charge in [-0.3, -0.25) is 4.79 Å². The summed E-state index contributed by atoms with van der Waals surface area (Å²) in [5, 5.41) is 5.88. The lowest BCUT2D eigenvalue weighted by atomic mass is 10.0. The Hall–Kier alpha value is -2.75. The van der Waals surface area contributed by atoms with E-state index in [2.05, 4.69) is 25.5 Å². The number of amides is 1. The van der Waals surface area contributed by atoms with Gasteiger partial charge in [0, 0.05) is 43.0 Å². The number of nitrogen functional groups attached to an aromatic ring is 1. The smallest absolute Gasteiger partial charge is 0.399 e. The molecule has 4 N–H and O–H groups in total. The van der Waals surface area contributed by atoms with Gasteiger partial charge in [-0.2, -0.15) is 18.2 Å². The van der Waals surface area contributed by atoms with Crippen LogP contribution in [0.1, 0.15) is 43.0 Å². The van der Waals surface area contributed by atoms with Crippen molar-refractivity contribution in [2.45, 2.75) is 51.2 Å². The number of benzene rings is 1. The second-order valence-electron chi connectivity index (χ2n) is 8.10. The summed E-state index contributed by atoms with van der Waals surface area (Å²) in [6.45, 7) is 2.94. The molecule has 2 aliphatic rings. The highest BCUT2D eigenvalue weighted by Gasteiger charge is 2.31. The van der Waals surface area contributed by atoms with Crippen LogP contribution in [0.25, 0.3) is 0 Å². The maximum absolute atomic E-state index is 13.1. The summed E-state index contributed by atoms with van der Waals surface area (Å²) in [6, 6.07) is 3.37. The maximum atomic E-state index is 13.1. The molecule has 1 aliphatic carbocycles. The Bertz CT molecular complexity index is 1000. The van der Waals surface area contributed by atoms with Crippen molar-refractivity contribution in [1.29, 1.82) is 0 Å². The van der Waals surface area contributed by atoms with Crippen LogP contribution in [-0.4, -0.2) is 35.0 Å². The topological polar surface area (TPSA) is 96.2 Å². The van der Waals surface area contributed by atoms with Gasteiger partial charge in [-0.25, -0.2) is 4.98 Å². The highest BCUT2D eigenvalue weighted by Crippen LogP contribution is 2.35. The average Bonchev–Trinajstić information content (AvgIpc) is 3.14. The lowest BCUT2D eigenvalue weighted by Gasteiger charge is -2.35. The zero-order valence-electron chi connectivity index (χ0n) is 17.6. The van der Waals surface area contributed by atoms with Crippen LogP contribution < -0.4 is 21.3 Å². The van der Waals surface area contributed by atoms with Gasteiger partial charge in [0.25, 0.3) is 0 Å². The van der Waals surface area contributed by atoms with Crippen molar-refractivity contribution in [3.05, 3.63) is 35.0 Å². The van der Waals surface area contributed by atoms with Crippen molar-refractivity contribution >= 4 is 41.5 Å². The van der Waals surface area contributed by atoms with Crippen molar-refractivity contribution in [1.82, 2.24) is 15.3 Å². The van der Waals surface area contributed by atoms with Gasteiger partial charge in [0.2, 0.25) is 11.9 Å². The van der Waals surface area contributed by atoms with Crippen LogP contribution in [0, 0.1) is 0 Å². The molecule has 0 bridgehead atoms. The molecule has 11 heteroatoms. The van der Waals surface area contributed by atoms with Crippen LogP contribution in [0.4, 0.5) is 36.3 Å². The third kappa shape index (κ3) is 5.35. The predicted molar refractivity (Wildman–Crippen MR) is 119 cm³/mol. The van der Waals surface area contributed by atoms with Crippen molar-refractivity contribution < 1.29 is 18.0 Å². The number of hydrogen-bond donors (Lipinski definition) is 3. The number of alkyl halides is 3. The first-order valence-corrected chi connectivity index (χ1v) is 10.4. The van der Waals surface area contributed by atoms with Crippen molar-refractivity contribution in [3.63, 3.8) is 0 Å². The summed E-state index contributed by atoms with van der Waals surface area (Å²) < 4.78 is 39.4. The summed E-state index contributed by atoms with van der Waals surface area (Å²) >= 11 is 0. The van der Waals surface area contributed by atoms with E-state index < -0.39 is 11.7 Å². The lowest BCUT2D eigenvalue weighted by Crippen LogP contribution is -2.47. The molecule has 174 valence electrons. The zero-order valence-corrected chi connectivity index (χ0v) is 18.4. The van der Waals surface area contributed by atoms with Crippen LogP contribution in [0.5, 0.6) is 0 Å². The molecule has 1 fully saturated rings. The van der Waals surface area contributed by atoms with Gasteiger partial charge >= 0.3 is 6.18 Å². The second kappa shape index (κ2) is 9.40. The fraction of sp³-hybridized carbons (Fsp3) is 0.476. The first kappa shape index (κ1) is 23.9. The number of nitrogens with zero attached hydrogens (tertiary/aromatic N) is 3. The molecule has 0 spiro atoms. The molecule has 1 saturated heterocycles. The molecule has 0 radical (unpaired) electrons. The Kier molecular flexibility index (Phi) is 7.02. The molecule has 2 aromatic rings. The fourth-order valence-electron chi connectivity index (χ4n) is 4.32. The molecular formula is C21H26ClF3N6O. The van der Waals surface area contributed by atoms with Crippen LogP contribution in [0.15, 0.2) is 18.2 Å². The minimum absolute atomic E-state index is 0. The van der Waals surface area contributed by atoms with E-state index in [1.807, 2.05) is 0 Å². The van der Waals surface area contributed by atoms with E-state index in [1.165, 1.54) is 13.0 Å². The number of nitrogens with one attached hydrogen (secondary N) is 2. The van der Waals surface area contributed by atoms with Crippen molar-refractivity contribution in [3.8, 4) is 0 Å². The molecule has 1 aromatic carbocycles. The number of nitrogens with two attached hydrogens (primary N) is 1. The Labute approximate surface area is 190 Å². The zero-order chi connectivity index (χ0) is 22.2. The molecule has 7 nitrogen and oxygen atoms in total. The second-order valence-corrected chi connectivity index (χ2v) is 8.10. The van der Waals surface area contributed by atoms with E-state index in [0.29, 0.717) is 6.54 Å².